The molecule has 0 aliphatic carbocycles. The Morgan fingerprint density at radius 3 is 1.31 bits per heavy atom. The van der Waals surface area contributed by atoms with Crippen LogP contribution in [-0.2, 0) is 27.9 Å². The average Bonchev–Trinajstić information content (AvgIpc) is 3.34. The van der Waals surface area contributed by atoms with Crippen molar-refractivity contribution in [3.8, 4) is 0 Å². The highest BCUT2D eigenvalue weighted by atomic mass is 31.2. The Labute approximate surface area is 446 Å². The topological polar surface area (TPSA) is 111 Å². The SMILES string of the molecule is CCCCC/C=C\C/C=C\CCCCCCCCCCCC(=O)OC(/C=C/CCCCCCCCCCCCC)C(COP(=O)(O)OCC[N+](C)(C)C)NC(=O)CCCCC/C=C\CCCCCCCCC. The molecular weight excluding hydrogens is 916 g/mol. The molecule has 0 saturated carbocycles. The standard InChI is InChI=1S/C62H117N2O7P/c1-7-10-13-16-19-22-25-28-30-31-32-33-34-37-40-43-46-49-52-55-62(66)71-60(53-50-47-44-41-38-35-27-24-21-18-15-12-9-3)59(58-70-72(67,68)69-57-56-64(4,5)6)63-61(65)54-51-48-45-42-39-36-29-26-23-20-17-14-11-8-2/h19,22,28,30,36,39,50,53,59-60H,7-18,20-21,23-27,29,31-35,37-38,40-49,51-52,54-58H2,1-6H3,(H-,63,65,67,68)/p+1/b22-19-,30-28-,39-36-,53-50+. The third-order valence-electron chi connectivity index (χ3n) is 13.5. The van der Waals surface area contributed by atoms with Gasteiger partial charge in [0.2, 0.25) is 5.91 Å². The molecule has 0 aliphatic heterocycles. The molecule has 9 nitrogen and oxygen atoms in total. The van der Waals surface area contributed by atoms with Crippen LogP contribution in [0, 0.1) is 0 Å². The summed E-state index contributed by atoms with van der Waals surface area (Å²) in [6.45, 7) is 6.99. The third kappa shape index (κ3) is 52.8. The first-order chi connectivity index (χ1) is 34.9. The number of rotatable bonds is 55. The number of amides is 1. The quantitative estimate of drug-likeness (QED) is 0.0205. The number of hydrogen-bond donors (Lipinski definition) is 2. The molecule has 72 heavy (non-hydrogen) atoms. The van der Waals surface area contributed by atoms with Gasteiger partial charge in [0.25, 0.3) is 0 Å². The zero-order valence-electron chi connectivity index (χ0n) is 48.2. The highest BCUT2D eigenvalue weighted by Gasteiger charge is 2.30. The van der Waals surface area contributed by atoms with Gasteiger partial charge in [0, 0.05) is 12.8 Å². The summed E-state index contributed by atoms with van der Waals surface area (Å²) in [5.41, 5.74) is 0. The van der Waals surface area contributed by atoms with Crippen LogP contribution in [-0.4, -0.2) is 74.3 Å². The Balaban J connectivity index is 5.31. The lowest BCUT2D eigenvalue weighted by Gasteiger charge is -2.27. The number of carbonyl (C=O) groups is 2. The number of ether oxygens (including phenoxy) is 1. The van der Waals surface area contributed by atoms with Gasteiger partial charge in [-0.1, -0.05) is 230 Å². The number of esters is 1. The van der Waals surface area contributed by atoms with Crippen LogP contribution >= 0.6 is 7.82 Å². The van der Waals surface area contributed by atoms with Gasteiger partial charge in [-0.25, -0.2) is 4.57 Å². The summed E-state index contributed by atoms with van der Waals surface area (Å²) in [5, 5.41) is 3.04. The molecule has 3 unspecified atom stereocenters. The van der Waals surface area contributed by atoms with Crippen LogP contribution in [0.25, 0.3) is 0 Å². The summed E-state index contributed by atoms with van der Waals surface area (Å²) in [5.74, 6) is -0.521. The lowest BCUT2D eigenvalue weighted by atomic mass is 10.0. The number of allylic oxidation sites excluding steroid dienone is 7. The van der Waals surface area contributed by atoms with Gasteiger partial charge < -0.3 is 19.4 Å². The van der Waals surface area contributed by atoms with Crippen molar-refractivity contribution >= 4 is 19.7 Å². The molecule has 422 valence electrons. The minimum atomic E-state index is -4.45. The van der Waals surface area contributed by atoms with Crippen LogP contribution in [0.1, 0.15) is 284 Å². The van der Waals surface area contributed by atoms with Crippen molar-refractivity contribution in [2.24, 2.45) is 0 Å². The Bertz CT molecular complexity index is 1380. The normalized spacial score (nSPS) is 14.0. The van der Waals surface area contributed by atoms with E-state index < -0.39 is 20.0 Å². The number of likely N-dealkylation sites (N-methyl/N-ethyl adjacent to an activating group) is 1. The molecule has 0 saturated heterocycles. The fourth-order valence-corrected chi connectivity index (χ4v) is 9.47. The summed E-state index contributed by atoms with van der Waals surface area (Å²) in [4.78, 5) is 37.6. The van der Waals surface area contributed by atoms with E-state index >= 15 is 0 Å². The number of nitrogens with one attached hydrogen (secondary N) is 1. The van der Waals surface area contributed by atoms with Crippen molar-refractivity contribution in [3.63, 3.8) is 0 Å². The Morgan fingerprint density at radius 2 is 0.847 bits per heavy atom. The maximum absolute atomic E-state index is 13.5. The molecule has 0 spiro atoms. The molecule has 0 rings (SSSR count). The van der Waals surface area contributed by atoms with Crippen molar-refractivity contribution in [3.05, 3.63) is 48.6 Å². The molecule has 0 aromatic carbocycles. The summed E-state index contributed by atoms with van der Waals surface area (Å²) < 4.78 is 30.7. The van der Waals surface area contributed by atoms with Gasteiger partial charge in [0.15, 0.2) is 0 Å². The molecule has 1 amide bonds. The van der Waals surface area contributed by atoms with Crippen molar-refractivity contribution in [1.82, 2.24) is 5.32 Å². The maximum Gasteiger partial charge on any atom is 0.472 e. The van der Waals surface area contributed by atoms with Gasteiger partial charge >= 0.3 is 13.8 Å². The fraction of sp³-hybridized carbons (Fsp3) is 0.839. The van der Waals surface area contributed by atoms with Gasteiger partial charge in [-0.05, 0) is 89.5 Å². The summed E-state index contributed by atoms with van der Waals surface area (Å²) in [6, 6.07) is -0.856. The van der Waals surface area contributed by atoms with Gasteiger partial charge in [0.05, 0.1) is 33.8 Å². The number of hydrogen-bond acceptors (Lipinski definition) is 6. The number of quaternary nitrogens is 1. The van der Waals surface area contributed by atoms with Crippen LogP contribution in [0.3, 0.4) is 0 Å². The summed E-state index contributed by atoms with van der Waals surface area (Å²) >= 11 is 0. The number of nitrogens with zero attached hydrogens (tertiary/aromatic N) is 1. The smallest absolute Gasteiger partial charge is 0.456 e. The van der Waals surface area contributed by atoms with Crippen molar-refractivity contribution in [2.45, 2.75) is 296 Å². The van der Waals surface area contributed by atoms with Crippen molar-refractivity contribution in [2.75, 3.05) is 40.9 Å². The second-order valence-electron chi connectivity index (χ2n) is 21.9. The first-order valence-electron chi connectivity index (χ1n) is 30.5. The van der Waals surface area contributed by atoms with E-state index in [-0.39, 0.29) is 31.5 Å². The Morgan fingerprint density at radius 1 is 0.486 bits per heavy atom. The predicted octanol–water partition coefficient (Wildman–Crippen LogP) is 18.5. The zero-order valence-corrected chi connectivity index (χ0v) is 49.1. The van der Waals surface area contributed by atoms with E-state index in [0.717, 1.165) is 77.0 Å². The highest BCUT2D eigenvalue weighted by Crippen LogP contribution is 2.43. The fourth-order valence-electron chi connectivity index (χ4n) is 8.73. The molecule has 0 aliphatic rings. The molecule has 3 atom stereocenters. The highest BCUT2D eigenvalue weighted by molar-refractivity contribution is 7.47. The maximum atomic E-state index is 13.5. The summed E-state index contributed by atoms with van der Waals surface area (Å²) in [7, 11) is 1.49. The van der Waals surface area contributed by atoms with Gasteiger partial charge in [-0.3, -0.25) is 18.6 Å². The van der Waals surface area contributed by atoms with Crippen LogP contribution in [0.4, 0.5) is 0 Å². The Kier molecular flexibility index (Phi) is 50.9. The summed E-state index contributed by atoms with van der Waals surface area (Å²) in [6.07, 6.45) is 63.9. The number of phosphoric ester groups is 1. The number of unbranched alkanes of at least 4 members (excludes halogenated alkanes) is 33. The van der Waals surface area contributed by atoms with Crippen molar-refractivity contribution < 1.29 is 37.3 Å². The molecular formula is C62H118N2O7P+. The van der Waals surface area contributed by atoms with E-state index in [2.05, 4.69) is 62.5 Å². The Hall–Kier alpha value is -2.03. The van der Waals surface area contributed by atoms with Crippen LogP contribution in [0.2, 0.25) is 0 Å². The predicted molar refractivity (Wildman–Crippen MR) is 309 cm³/mol. The molecule has 0 aromatic heterocycles. The minimum absolute atomic E-state index is 0.0372. The second-order valence-corrected chi connectivity index (χ2v) is 23.3. The number of phosphoric acid groups is 1. The lowest BCUT2D eigenvalue weighted by molar-refractivity contribution is -0.870. The average molecular weight is 1030 g/mol. The van der Waals surface area contributed by atoms with Gasteiger partial charge in [0.1, 0.15) is 19.3 Å². The molecule has 0 fully saturated rings. The molecule has 10 heteroatoms. The third-order valence-corrected chi connectivity index (χ3v) is 14.5. The molecule has 0 radical (unpaired) electrons. The molecule has 0 bridgehead atoms. The van der Waals surface area contributed by atoms with E-state index in [9.17, 15) is 19.0 Å². The van der Waals surface area contributed by atoms with Crippen LogP contribution in [0.5, 0.6) is 0 Å². The first kappa shape index (κ1) is 70.0. The van der Waals surface area contributed by atoms with Crippen LogP contribution in [0.15, 0.2) is 48.6 Å². The second kappa shape index (κ2) is 52.4. The molecule has 0 aromatic rings. The largest absolute Gasteiger partial charge is 0.472 e. The van der Waals surface area contributed by atoms with E-state index in [1.54, 1.807) is 0 Å². The van der Waals surface area contributed by atoms with E-state index in [4.69, 9.17) is 13.8 Å². The minimum Gasteiger partial charge on any atom is -0.456 e. The van der Waals surface area contributed by atoms with Crippen molar-refractivity contribution in [1.29, 1.82) is 0 Å². The van der Waals surface area contributed by atoms with Gasteiger partial charge in [-0.2, -0.15) is 0 Å². The monoisotopic (exact) mass is 1030 g/mol. The zero-order chi connectivity index (χ0) is 52.9. The van der Waals surface area contributed by atoms with E-state index in [1.165, 1.54) is 173 Å². The van der Waals surface area contributed by atoms with E-state index in [1.807, 2.05) is 33.3 Å². The first-order valence-corrected chi connectivity index (χ1v) is 32.0. The van der Waals surface area contributed by atoms with Gasteiger partial charge in [-0.15, -0.1) is 0 Å². The number of carbonyl (C=O) groups excluding carboxylic acids is 2. The molecule has 2 N–H and O–H groups in total. The molecule has 0 heterocycles. The lowest BCUT2D eigenvalue weighted by Crippen LogP contribution is -2.47. The van der Waals surface area contributed by atoms with E-state index in [0.29, 0.717) is 17.4 Å². The van der Waals surface area contributed by atoms with Crippen LogP contribution < -0.4 is 5.32 Å².